The number of rotatable bonds is 4. The second-order valence-corrected chi connectivity index (χ2v) is 6.03. The Balaban J connectivity index is 1.88. The quantitative estimate of drug-likeness (QED) is 0.929. The summed E-state index contributed by atoms with van der Waals surface area (Å²) in [4.78, 5) is 13.2. The third-order valence-corrected chi connectivity index (χ3v) is 4.42. The lowest BCUT2D eigenvalue weighted by Crippen LogP contribution is -2.50. The average molecular weight is 312 g/mol. The van der Waals surface area contributed by atoms with E-state index in [4.69, 9.17) is 5.11 Å². The molecule has 2 rings (SSSR count). The molecule has 0 aromatic heterocycles. The summed E-state index contributed by atoms with van der Waals surface area (Å²) in [6.45, 7) is 6.53. The summed E-state index contributed by atoms with van der Waals surface area (Å²) in [6.07, 6.45) is 0. The predicted octanol–water partition coefficient (Wildman–Crippen LogP) is 2.91. The van der Waals surface area contributed by atoms with E-state index in [1.165, 1.54) is 11.1 Å². The van der Waals surface area contributed by atoms with Gasteiger partial charge in [-0.25, -0.2) is 0 Å². The second kappa shape index (κ2) is 5.41. The van der Waals surface area contributed by atoms with Gasteiger partial charge in [-0.2, -0.15) is 0 Å². The van der Waals surface area contributed by atoms with Gasteiger partial charge in [-0.1, -0.05) is 35.0 Å². The Bertz CT molecular complexity index is 455. The number of carbonyl (C=O) groups is 1. The molecule has 1 aromatic rings. The van der Waals surface area contributed by atoms with Crippen molar-refractivity contribution in [1.29, 1.82) is 0 Å². The fourth-order valence-corrected chi connectivity index (χ4v) is 2.90. The highest BCUT2D eigenvalue weighted by Crippen LogP contribution is 2.28. The molecule has 1 aliphatic rings. The van der Waals surface area contributed by atoms with Gasteiger partial charge in [0, 0.05) is 24.1 Å². The van der Waals surface area contributed by atoms with Crippen LogP contribution in [0.3, 0.4) is 0 Å². The molecule has 1 aliphatic heterocycles. The second-order valence-electron chi connectivity index (χ2n) is 5.18. The van der Waals surface area contributed by atoms with Crippen molar-refractivity contribution >= 4 is 21.9 Å². The van der Waals surface area contributed by atoms with Crippen molar-refractivity contribution in [2.75, 3.05) is 13.1 Å². The number of aryl methyl sites for hydroxylation is 1. The largest absolute Gasteiger partial charge is 0.481 e. The van der Waals surface area contributed by atoms with Crippen molar-refractivity contribution in [3.63, 3.8) is 0 Å². The molecule has 4 heteroatoms. The van der Waals surface area contributed by atoms with Gasteiger partial charge in [0.05, 0.1) is 5.92 Å². The van der Waals surface area contributed by atoms with Gasteiger partial charge in [-0.15, -0.1) is 0 Å². The smallest absolute Gasteiger partial charge is 0.306 e. The standard InChI is InChI=1S/C14H18BrNO2/c1-9-3-4-11(13(15)5-9)6-16-7-12(8-16)10(2)14(17)18/h3-5,10,12H,6-8H2,1-2H3,(H,17,18). The van der Waals surface area contributed by atoms with Gasteiger partial charge in [0.15, 0.2) is 0 Å². The lowest BCUT2D eigenvalue weighted by molar-refractivity contribution is -0.145. The fraction of sp³-hybridized carbons (Fsp3) is 0.500. The number of nitrogens with zero attached hydrogens (tertiary/aromatic N) is 1. The van der Waals surface area contributed by atoms with Gasteiger partial charge in [0.25, 0.3) is 0 Å². The Labute approximate surface area is 116 Å². The van der Waals surface area contributed by atoms with E-state index in [0.717, 1.165) is 24.1 Å². The number of carboxylic acid groups (broad SMARTS) is 1. The van der Waals surface area contributed by atoms with E-state index in [0.29, 0.717) is 5.92 Å². The molecule has 98 valence electrons. The molecule has 1 aromatic carbocycles. The first-order chi connectivity index (χ1) is 8.47. The molecule has 1 heterocycles. The Morgan fingerprint density at radius 2 is 2.22 bits per heavy atom. The molecule has 1 fully saturated rings. The molecular weight excluding hydrogens is 294 g/mol. The number of aliphatic carboxylic acids is 1. The van der Waals surface area contributed by atoms with Crippen LogP contribution in [0.2, 0.25) is 0 Å². The van der Waals surface area contributed by atoms with Gasteiger partial charge in [-0.3, -0.25) is 9.69 Å². The van der Waals surface area contributed by atoms with Gasteiger partial charge < -0.3 is 5.11 Å². The highest BCUT2D eigenvalue weighted by molar-refractivity contribution is 9.10. The van der Waals surface area contributed by atoms with Crippen LogP contribution in [0.25, 0.3) is 0 Å². The minimum atomic E-state index is -0.684. The van der Waals surface area contributed by atoms with Gasteiger partial charge in [-0.05, 0) is 30.0 Å². The maximum Gasteiger partial charge on any atom is 0.306 e. The summed E-state index contributed by atoms with van der Waals surface area (Å²) in [5, 5.41) is 8.94. The average Bonchev–Trinajstić information content (AvgIpc) is 2.24. The van der Waals surface area contributed by atoms with E-state index in [-0.39, 0.29) is 5.92 Å². The van der Waals surface area contributed by atoms with Gasteiger partial charge in [0.1, 0.15) is 0 Å². The van der Waals surface area contributed by atoms with Gasteiger partial charge in [0.2, 0.25) is 0 Å². The van der Waals surface area contributed by atoms with Crippen LogP contribution in [0.1, 0.15) is 18.1 Å². The fourth-order valence-electron chi connectivity index (χ4n) is 2.28. The molecule has 1 atom stereocenters. The first-order valence-corrected chi connectivity index (χ1v) is 6.97. The minimum absolute atomic E-state index is 0.234. The molecule has 0 radical (unpaired) electrons. The van der Waals surface area contributed by atoms with Crippen LogP contribution in [0.15, 0.2) is 22.7 Å². The van der Waals surface area contributed by atoms with Crippen LogP contribution in [-0.2, 0) is 11.3 Å². The normalized spacial score (nSPS) is 18.4. The van der Waals surface area contributed by atoms with Crippen LogP contribution >= 0.6 is 15.9 Å². The van der Waals surface area contributed by atoms with Crippen LogP contribution in [-0.4, -0.2) is 29.1 Å². The Hall–Kier alpha value is -0.870. The number of carboxylic acids is 1. The van der Waals surface area contributed by atoms with Crippen molar-refractivity contribution < 1.29 is 9.90 Å². The zero-order chi connectivity index (χ0) is 13.3. The summed E-state index contributed by atoms with van der Waals surface area (Å²) >= 11 is 3.58. The van der Waals surface area contributed by atoms with Crippen molar-refractivity contribution in [2.45, 2.75) is 20.4 Å². The molecule has 3 nitrogen and oxygen atoms in total. The lowest BCUT2D eigenvalue weighted by Gasteiger charge is -2.41. The topological polar surface area (TPSA) is 40.5 Å². The van der Waals surface area contributed by atoms with E-state index in [2.05, 4.69) is 46.0 Å². The van der Waals surface area contributed by atoms with E-state index in [9.17, 15) is 4.79 Å². The highest BCUT2D eigenvalue weighted by Gasteiger charge is 2.34. The Morgan fingerprint density at radius 3 is 2.78 bits per heavy atom. The molecule has 0 amide bonds. The van der Waals surface area contributed by atoms with Crippen LogP contribution < -0.4 is 0 Å². The van der Waals surface area contributed by atoms with Crippen LogP contribution in [0, 0.1) is 18.8 Å². The van der Waals surface area contributed by atoms with Crippen LogP contribution in [0.5, 0.6) is 0 Å². The molecule has 0 bridgehead atoms. The lowest BCUT2D eigenvalue weighted by atomic mass is 9.87. The van der Waals surface area contributed by atoms with E-state index in [1.54, 1.807) is 6.92 Å². The van der Waals surface area contributed by atoms with E-state index in [1.807, 2.05) is 0 Å². The Morgan fingerprint density at radius 1 is 1.56 bits per heavy atom. The van der Waals surface area contributed by atoms with Gasteiger partial charge >= 0.3 is 5.97 Å². The zero-order valence-corrected chi connectivity index (χ0v) is 12.3. The molecule has 18 heavy (non-hydrogen) atoms. The maximum atomic E-state index is 10.9. The van der Waals surface area contributed by atoms with Crippen molar-refractivity contribution in [2.24, 2.45) is 11.8 Å². The van der Waals surface area contributed by atoms with E-state index >= 15 is 0 Å². The first-order valence-electron chi connectivity index (χ1n) is 6.17. The highest BCUT2D eigenvalue weighted by atomic mass is 79.9. The predicted molar refractivity (Wildman–Crippen MR) is 74.4 cm³/mol. The summed E-state index contributed by atoms with van der Waals surface area (Å²) in [5.74, 6) is -0.620. The molecule has 1 N–H and O–H groups in total. The third kappa shape index (κ3) is 2.93. The first kappa shape index (κ1) is 13.6. The molecule has 0 spiro atoms. The summed E-state index contributed by atoms with van der Waals surface area (Å²) in [6, 6.07) is 6.36. The molecular formula is C14H18BrNO2. The summed E-state index contributed by atoms with van der Waals surface area (Å²) < 4.78 is 1.14. The van der Waals surface area contributed by atoms with Crippen molar-refractivity contribution in [3.8, 4) is 0 Å². The number of hydrogen-bond donors (Lipinski definition) is 1. The molecule has 0 aliphatic carbocycles. The zero-order valence-electron chi connectivity index (χ0n) is 10.7. The van der Waals surface area contributed by atoms with Crippen molar-refractivity contribution in [3.05, 3.63) is 33.8 Å². The number of benzene rings is 1. The van der Waals surface area contributed by atoms with Crippen molar-refractivity contribution in [1.82, 2.24) is 4.90 Å². The monoisotopic (exact) mass is 311 g/mol. The SMILES string of the molecule is Cc1ccc(CN2CC(C(C)C(=O)O)C2)c(Br)c1. The summed E-state index contributed by atoms with van der Waals surface area (Å²) in [7, 11) is 0. The number of likely N-dealkylation sites (tertiary alicyclic amines) is 1. The molecule has 1 saturated heterocycles. The van der Waals surface area contributed by atoms with Crippen LogP contribution in [0.4, 0.5) is 0 Å². The molecule has 1 unspecified atom stereocenters. The number of hydrogen-bond acceptors (Lipinski definition) is 2. The summed E-state index contributed by atoms with van der Waals surface area (Å²) in [5.41, 5.74) is 2.51. The number of halogens is 1. The maximum absolute atomic E-state index is 10.9. The minimum Gasteiger partial charge on any atom is -0.481 e. The Kier molecular flexibility index (Phi) is 4.07. The van der Waals surface area contributed by atoms with E-state index < -0.39 is 5.97 Å². The third-order valence-electron chi connectivity index (χ3n) is 3.68. The molecule has 0 saturated carbocycles.